The number of aryl methyl sites for hydroxylation is 2. The molecule has 0 aromatic heterocycles. The summed E-state index contributed by atoms with van der Waals surface area (Å²) in [6.45, 7) is 7.11. The maximum Gasteiger partial charge on any atom is 0.240 e. The van der Waals surface area contributed by atoms with Crippen molar-refractivity contribution in [2.45, 2.75) is 24.8 Å². The topological polar surface area (TPSA) is 61.9 Å². The van der Waals surface area contributed by atoms with Gasteiger partial charge in [-0.1, -0.05) is 18.2 Å². The van der Waals surface area contributed by atoms with Gasteiger partial charge < -0.3 is 9.64 Å². The Morgan fingerprint density at radius 1 is 1.03 bits per heavy atom. The summed E-state index contributed by atoms with van der Waals surface area (Å²) >= 11 is 0. The molecule has 1 heterocycles. The van der Waals surface area contributed by atoms with Crippen molar-refractivity contribution < 1.29 is 13.2 Å². The zero-order chi connectivity index (χ0) is 21.0. The summed E-state index contributed by atoms with van der Waals surface area (Å²) in [5.74, 6) is 0. The SMILES string of the molecule is Cc1ccc(S(=O)(=O)NCC(c2ccc(N(C)C)cc2)N2CCOCC2)cc1C. The average molecular weight is 418 g/mol. The van der Waals surface area contributed by atoms with Crippen LogP contribution in [-0.4, -0.2) is 60.3 Å². The molecule has 0 radical (unpaired) electrons. The largest absolute Gasteiger partial charge is 0.379 e. The molecular weight excluding hydrogens is 386 g/mol. The molecule has 1 fully saturated rings. The third kappa shape index (κ3) is 5.36. The normalized spacial score (nSPS) is 16.6. The molecule has 2 aromatic rings. The number of anilines is 1. The van der Waals surface area contributed by atoms with Crippen molar-refractivity contribution in [2.24, 2.45) is 0 Å². The first-order valence-corrected chi connectivity index (χ1v) is 11.4. The van der Waals surface area contributed by atoms with Crippen LogP contribution in [0.15, 0.2) is 47.4 Å². The standard InChI is InChI=1S/C22H31N3O3S/c1-17-5-10-21(15-18(17)2)29(26,27)23-16-22(25-11-13-28-14-12-25)19-6-8-20(9-7-19)24(3)4/h5-10,15,22-23H,11-14,16H2,1-4H3. The predicted molar refractivity (Wildman–Crippen MR) is 117 cm³/mol. The number of sulfonamides is 1. The van der Waals surface area contributed by atoms with Crippen LogP contribution in [-0.2, 0) is 14.8 Å². The van der Waals surface area contributed by atoms with E-state index in [0.29, 0.717) is 24.7 Å². The van der Waals surface area contributed by atoms with Crippen LogP contribution >= 0.6 is 0 Å². The third-order valence-corrected chi connectivity index (χ3v) is 6.96. The van der Waals surface area contributed by atoms with E-state index in [1.807, 2.05) is 34.0 Å². The Labute approximate surface area is 174 Å². The van der Waals surface area contributed by atoms with Gasteiger partial charge in [0.25, 0.3) is 0 Å². The first kappa shape index (κ1) is 21.8. The lowest BCUT2D eigenvalue weighted by Crippen LogP contribution is -2.43. The molecule has 1 N–H and O–H groups in total. The molecule has 0 aliphatic carbocycles. The molecule has 1 aliphatic rings. The van der Waals surface area contributed by atoms with Crippen molar-refractivity contribution in [3.8, 4) is 0 Å². The Morgan fingerprint density at radius 2 is 1.69 bits per heavy atom. The molecule has 0 bridgehead atoms. The summed E-state index contributed by atoms with van der Waals surface area (Å²) in [6.07, 6.45) is 0. The fourth-order valence-electron chi connectivity index (χ4n) is 3.49. The Morgan fingerprint density at radius 3 is 2.28 bits per heavy atom. The van der Waals surface area contributed by atoms with Gasteiger partial charge in [-0.05, 0) is 54.8 Å². The molecule has 1 aliphatic heterocycles. The summed E-state index contributed by atoms with van der Waals surface area (Å²) in [7, 11) is 0.433. The van der Waals surface area contributed by atoms with Gasteiger partial charge in [0.15, 0.2) is 0 Å². The Bertz CT molecular complexity index is 921. The van der Waals surface area contributed by atoms with Gasteiger partial charge in [-0.2, -0.15) is 0 Å². The molecule has 1 atom stereocenters. The molecule has 1 saturated heterocycles. The number of nitrogens with zero attached hydrogens (tertiary/aromatic N) is 2. The zero-order valence-corrected chi connectivity index (χ0v) is 18.5. The number of hydrogen-bond acceptors (Lipinski definition) is 5. The van der Waals surface area contributed by atoms with E-state index in [2.05, 4.69) is 38.8 Å². The predicted octanol–water partition coefficient (Wildman–Crippen LogP) is 2.72. The van der Waals surface area contributed by atoms with Crippen LogP contribution in [0.2, 0.25) is 0 Å². The Hall–Kier alpha value is -1.93. The highest BCUT2D eigenvalue weighted by atomic mass is 32.2. The molecule has 0 amide bonds. The van der Waals surface area contributed by atoms with Crippen LogP contribution < -0.4 is 9.62 Å². The van der Waals surface area contributed by atoms with E-state index in [0.717, 1.165) is 35.5 Å². The van der Waals surface area contributed by atoms with Gasteiger partial charge in [-0.15, -0.1) is 0 Å². The highest BCUT2D eigenvalue weighted by Crippen LogP contribution is 2.24. The molecule has 1 unspecified atom stereocenters. The fraction of sp³-hybridized carbons (Fsp3) is 0.455. The van der Waals surface area contributed by atoms with E-state index < -0.39 is 10.0 Å². The van der Waals surface area contributed by atoms with Crippen molar-refractivity contribution in [3.05, 3.63) is 59.2 Å². The van der Waals surface area contributed by atoms with Gasteiger partial charge in [0.1, 0.15) is 0 Å². The number of nitrogens with one attached hydrogen (secondary N) is 1. The van der Waals surface area contributed by atoms with Gasteiger partial charge in [0.2, 0.25) is 10.0 Å². The maximum absolute atomic E-state index is 12.9. The second kappa shape index (κ2) is 9.26. The van der Waals surface area contributed by atoms with E-state index in [4.69, 9.17) is 4.74 Å². The first-order valence-electron chi connectivity index (χ1n) is 9.94. The van der Waals surface area contributed by atoms with Gasteiger partial charge in [-0.3, -0.25) is 4.90 Å². The monoisotopic (exact) mass is 417 g/mol. The maximum atomic E-state index is 12.9. The Kier molecular flexibility index (Phi) is 6.95. The van der Waals surface area contributed by atoms with Crippen molar-refractivity contribution in [3.63, 3.8) is 0 Å². The summed E-state index contributed by atoms with van der Waals surface area (Å²) in [5.41, 5.74) is 4.26. The van der Waals surface area contributed by atoms with E-state index in [1.54, 1.807) is 12.1 Å². The van der Waals surface area contributed by atoms with Gasteiger partial charge >= 0.3 is 0 Å². The molecule has 6 nitrogen and oxygen atoms in total. The minimum atomic E-state index is -3.58. The molecule has 29 heavy (non-hydrogen) atoms. The minimum absolute atomic E-state index is 0.0450. The molecular formula is C22H31N3O3S. The van der Waals surface area contributed by atoms with Crippen LogP contribution in [0.4, 0.5) is 5.69 Å². The highest BCUT2D eigenvalue weighted by Gasteiger charge is 2.25. The van der Waals surface area contributed by atoms with E-state index >= 15 is 0 Å². The summed E-state index contributed by atoms with van der Waals surface area (Å²) in [4.78, 5) is 4.65. The number of hydrogen-bond donors (Lipinski definition) is 1. The molecule has 0 spiro atoms. The summed E-state index contributed by atoms with van der Waals surface area (Å²) < 4.78 is 34.1. The van der Waals surface area contributed by atoms with Crippen molar-refractivity contribution >= 4 is 15.7 Å². The zero-order valence-electron chi connectivity index (χ0n) is 17.7. The highest BCUT2D eigenvalue weighted by molar-refractivity contribution is 7.89. The number of ether oxygens (including phenoxy) is 1. The lowest BCUT2D eigenvalue weighted by atomic mass is 10.0. The summed E-state index contributed by atoms with van der Waals surface area (Å²) in [6, 6.07) is 13.5. The van der Waals surface area contributed by atoms with Crippen LogP contribution in [0.5, 0.6) is 0 Å². The van der Waals surface area contributed by atoms with Gasteiger partial charge in [0.05, 0.1) is 18.1 Å². The van der Waals surface area contributed by atoms with Crippen LogP contribution in [0.1, 0.15) is 22.7 Å². The number of morpholine rings is 1. The second-order valence-corrected chi connectivity index (χ2v) is 9.52. The molecule has 2 aromatic carbocycles. The molecule has 0 saturated carbocycles. The van der Waals surface area contributed by atoms with Crippen LogP contribution in [0.3, 0.4) is 0 Å². The molecule has 7 heteroatoms. The second-order valence-electron chi connectivity index (χ2n) is 7.75. The first-order chi connectivity index (χ1) is 13.8. The molecule has 158 valence electrons. The number of rotatable bonds is 7. The lowest BCUT2D eigenvalue weighted by Gasteiger charge is -2.35. The van der Waals surface area contributed by atoms with Crippen molar-refractivity contribution in [2.75, 3.05) is 51.8 Å². The summed E-state index contributed by atoms with van der Waals surface area (Å²) in [5, 5.41) is 0. The number of benzene rings is 2. The van der Waals surface area contributed by atoms with Crippen molar-refractivity contribution in [1.29, 1.82) is 0 Å². The third-order valence-electron chi connectivity index (χ3n) is 5.54. The van der Waals surface area contributed by atoms with Crippen LogP contribution in [0.25, 0.3) is 0 Å². The van der Waals surface area contributed by atoms with Crippen LogP contribution in [0, 0.1) is 13.8 Å². The molecule has 3 rings (SSSR count). The van der Waals surface area contributed by atoms with Gasteiger partial charge in [0, 0.05) is 45.5 Å². The van der Waals surface area contributed by atoms with E-state index in [-0.39, 0.29) is 6.04 Å². The van der Waals surface area contributed by atoms with E-state index in [1.165, 1.54) is 0 Å². The smallest absolute Gasteiger partial charge is 0.240 e. The Balaban J connectivity index is 1.81. The van der Waals surface area contributed by atoms with E-state index in [9.17, 15) is 8.42 Å². The lowest BCUT2D eigenvalue weighted by molar-refractivity contribution is 0.0172. The minimum Gasteiger partial charge on any atom is -0.379 e. The van der Waals surface area contributed by atoms with Gasteiger partial charge in [-0.25, -0.2) is 13.1 Å². The average Bonchev–Trinajstić information content (AvgIpc) is 2.71. The fourth-order valence-corrected chi connectivity index (χ4v) is 4.62. The van der Waals surface area contributed by atoms with Crippen molar-refractivity contribution in [1.82, 2.24) is 9.62 Å². The quantitative estimate of drug-likeness (QED) is 0.751.